The van der Waals surface area contributed by atoms with Gasteiger partial charge >= 0.3 is 0 Å². The van der Waals surface area contributed by atoms with Crippen molar-refractivity contribution in [3.63, 3.8) is 0 Å². The molecule has 0 aliphatic heterocycles. The number of nitrogens with two attached hydrogens (primary N) is 1. The first-order chi connectivity index (χ1) is 8.84. The number of hydrogen-bond acceptors (Lipinski definition) is 4. The number of nitrogens with one attached hydrogen (secondary N) is 1. The summed E-state index contributed by atoms with van der Waals surface area (Å²) in [7, 11) is 0. The Labute approximate surface area is 111 Å². The van der Waals surface area contributed by atoms with Crippen LogP contribution in [0.1, 0.15) is 36.2 Å². The maximum Gasteiger partial charge on any atom is 0.255 e. The highest BCUT2D eigenvalue weighted by molar-refractivity contribution is 6.01. The van der Waals surface area contributed by atoms with Crippen molar-refractivity contribution in [2.75, 3.05) is 0 Å². The molecule has 1 aromatic carbocycles. The summed E-state index contributed by atoms with van der Waals surface area (Å²) in [5.41, 5.74) is 5.60. The van der Waals surface area contributed by atoms with Gasteiger partial charge in [-0.2, -0.15) is 0 Å². The molecule has 0 radical (unpaired) electrons. The number of carbonyl (C=O) groups excluding carboxylic acids is 1. The number of nitrogens with zero attached hydrogens (tertiary/aromatic N) is 1. The molecule has 6 heteroatoms. The Morgan fingerprint density at radius 2 is 2.16 bits per heavy atom. The smallest absolute Gasteiger partial charge is 0.255 e. The Morgan fingerprint density at radius 1 is 1.53 bits per heavy atom. The van der Waals surface area contributed by atoms with Crippen molar-refractivity contribution >= 4 is 11.7 Å². The summed E-state index contributed by atoms with van der Waals surface area (Å²) < 4.78 is 0. The van der Waals surface area contributed by atoms with Crippen LogP contribution in [0.5, 0.6) is 5.75 Å². The first-order valence-corrected chi connectivity index (χ1v) is 5.94. The van der Waals surface area contributed by atoms with Crippen LogP contribution in [0.2, 0.25) is 0 Å². The molecule has 0 spiro atoms. The third kappa shape index (κ3) is 3.15. The van der Waals surface area contributed by atoms with Gasteiger partial charge in [0.15, 0.2) is 5.84 Å². The second-order valence-corrected chi connectivity index (χ2v) is 4.65. The van der Waals surface area contributed by atoms with Crippen LogP contribution in [0.25, 0.3) is 0 Å². The van der Waals surface area contributed by atoms with E-state index in [1.807, 2.05) is 6.92 Å². The van der Waals surface area contributed by atoms with Crippen molar-refractivity contribution < 1.29 is 15.1 Å². The fourth-order valence-electron chi connectivity index (χ4n) is 1.60. The molecule has 0 aliphatic carbocycles. The van der Waals surface area contributed by atoms with E-state index in [1.165, 1.54) is 12.1 Å². The van der Waals surface area contributed by atoms with Crippen LogP contribution in [-0.4, -0.2) is 27.6 Å². The number of hydrogen-bond donors (Lipinski definition) is 4. The van der Waals surface area contributed by atoms with E-state index in [9.17, 15) is 9.90 Å². The van der Waals surface area contributed by atoms with Crippen molar-refractivity contribution in [3.05, 3.63) is 29.3 Å². The predicted octanol–water partition coefficient (Wildman–Crippen LogP) is 1.35. The Balaban J connectivity index is 3.02. The maximum absolute atomic E-state index is 12.1. The molecule has 0 heterocycles. The van der Waals surface area contributed by atoms with Crippen molar-refractivity contribution in [1.82, 2.24) is 5.32 Å². The third-order valence-corrected chi connectivity index (χ3v) is 3.17. The molecule has 0 fully saturated rings. The summed E-state index contributed by atoms with van der Waals surface area (Å²) in [6.07, 6.45) is 0.446. The molecule has 19 heavy (non-hydrogen) atoms. The zero-order chi connectivity index (χ0) is 14.6. The summed E-state index contributed by atoms with van der Waals surface area (Å²) in [4.78, 5) is 12.1. The molecule has 1 unspecified atom stereocenters. The second kappa shape index (κ2) is 5.60. The van der Waals surface area contributed by atoms with Crippen molar-refractivity contribution in [3.8, 4) is 5.75 Å². The topological polar surface area (TPSA) is 108 Å². The number of phenols is 1. The number of amidine groups is 1. The zero-order valence-corrected chi connectivity index (χ0v) is 11.3. The molecule has 5 N–H and O–H groups in total. The van der Waals surface area contributed by atoms with E-state index in [2.05, 4.69) is 10.5 Å². The van der Waals surface area contributed by atoms with Crippen LogP contribution in [0.3, 0.4) is 0 Å². The van der Waals surface area contributed by atoms with E-state index < -0.39 is 11.4 Å². The molecular weight excluding hydrogens is 246 g/mol. The van der Waals surface area contributed by atoms with Gasteiger partial charge in [-0.15, -0.1) is 0 Å². The van der Waals surface area contributed by atoms with Crippen LogP contribution in [0, 0.1) is 6.92 Å². The minimum atomic E-state index is -0.969. The van der Waals surface area contributed by atoms with Crippen LogP contribution in [0.4, 0.5) is 0 Å². The number of carbonyl (C=O) groups is 1. The third-order valence-electron chi connectivity index (χ3n) is 3.17. The van der Waals surface area contributed by atoms with Crippen LogP contribution < -0.4 is 11.1 Å². The Morgan fingerprint density at radius 3 is 2.63 bits per heavy atom. The SMILES string of the molecule is CCC(C)(NC(=O)c1ccc(C)cc1O)/C(N)=N/O. The van der Waals surface area contributed by atoms with Crippen molar-refractivity contribution in [2.45, 2.75) is 32.7 Å². The lowest BCUT2D eigenvalue weighted by Gasteiger charge is -2.28. The van der Waals surface area contributed by atoms with Gasteiger partial charge in [0, 0.05) is 0 Å². The van der Waals surface area contributed by atoms with Crippen molar-refractivity contribution in [2.24, 2.45) is 10.9 Å². The van der Waals surface area contributed by atoms with Gasteiger partial charge in [0.25, 0.3) is 5.91 Å². The largest absolute Gasteiger partial charge is 0.507 e. The lowest BCUT2D eigenvalue weighted by Crippen LogP contribution is -2.55. The highest BCUT2D eigenvalue weighted by Gasteiger charge is 2.30. The molecule has 0 aliphatic rings. The van der Waals surface area contributed by atoms with E-state index in [-0.39, 0.29) is 17.1 Å². The Bertz CT molecular complexity index is 514. The first-order valence-electron chi connectivity index (χ1n) is 5.94. The number of amides is 1. The molecule has 1 atom stereocenters. The first kappa shape index (κ1) is 14.8. The number of aromatic hydroxyl groups is 1. The van der Waals surface area contributed by atoms with Gasteiger partial charge in [-0.1, -0.05) is 18.1 Å². The van der Waals surface area contributed by atoms with Gasteiger partial charge in [0.2, 0.25) is 0 Å². The molecule has 0 aromatic heterocycles. The number of oxime groups is 1. The monoisotopic (exact) mass is 265 g/mol. The van der Waals surface area contributed by atoms with Crippen LogP contribution in [-0.2, 0) is 0 Å². The fourth-order valence-corrected chi connectivity index (χ4v) is 1.60. The van der Waals surface area contributed by atoms with E-state index in [1.54, 1.807) is 19.9 Å². The maximum atomic E-state index is 12.1. The molecule has 0 saturated heterocycles. The standard InChI is InChI=1S/C13H19N3O3/c1-4-13(3,12(14)16-19)15-11(18)9-6-5-8(2)7-10(9)17/h5-7,17,19H,4H2,1-3H3,(H2,14,16)(H,15,18). The van der Waals surface area contributed by atoms with Gasteiger partial charge in [-0.05, 0) is 38.0 Å². The minimum absolute atomic E-state index is 0.0880. The number of benzene rings is 1. The average Bonchev–Trinajstić information content (AvgIpc) is 2.37. The lowest BCUT2D eigenvalue weighted by molar-refractivity contribution is 0.0922. The Kier molecular flexibility index (Phi) is 4.37. The quantitative estimate of drug-likeness (QED) is 0.285. The molecule has 104 valence electrons. The van der Waals surface area contributed by atoms with Gasteiger partial charge in [-0.3, -0.25) is 4.79 Å². The predicted molar refractivity (Wildman–Crippen MR) is 72.4 cm³/mol. The summed E-state index contributed by atoms with van der Waals surface area (Å²) >= 11 is 0. The van der Waals surface area contributed by atoms with Crippen LogP contribution >= 0.6 is 0 Å². The van der Waals surface area contributed by atoms with Gasteiger partial charge in [0.1, 0.15) is 5.75 Å². The fraction of sp³-hybridized carbons (Fsp3) is 0.385. The molecular formula is C13H19N3O3. The average molecular weight is 265 g/mol. The number of aryl methyl sites for hydroxylation is 1. The molecule has 6 nitrogen and oxygen atoms in total. The van der Waals surface area contributed by atoms with E-state index in [0.717, 1.165) is 5.56 Å². The molecule has 1 aromatic rings. The van der Waals surface area contributed by atoms with Crippen LogP contribution in [0.15, 0.2) is 23.4 Å². The molecule has 1 rings (SSSR count). The normalized spacial score (nSPS) is 14.8. The molecule has 1 amide bonds. The number of rotatable bonds is 4. The summed E-state index contributed by atoms with van der Waals surface area (Å²) in [6.45, 7) is 5.26. The van der Waals surface area contributed by atoms with Gasteiger partial charge < -0.3 is 21.4 Å². The summed E-state index contributed by atoms with van der Waals surface area (Å²) in [5.74, 6) is -0.668. The highest BCUT2D eigenvalue weighted by Crippen LogP contribution is 2.20. The summed E-state index contributed by atoms with van der Waals surface area (Å²) in [6, 6.07) is 4.76. The minimum Gasteiger partial charge on any atom is -0.507 e. The summed E-state index contributed by atoms with van der Waals surface area (Å²) in [5, 5.41) is 24.1. The highest BCUT2D eigenvalue weighted by atomic mass is 16.4. The van der Waals surface area contributed by atoms with E-state index in [0.29, 0.717) is 6.42 Å². The second-order valence-electron chi connectivity index (χ2n) is 4.65. The zero-order valence-electron chi connectivity index (χ0n) is 11.3. The Hall–Kier alpha value is -2.24. The molecule has 0 bridgehead atoms. The lowest BCUT2D eigenvalue weighted by atomic mass is 9.96. The van der Waals surface area contributed by atoms with Crippen molar-refractivity contribution in [1.29, 1.82) is 0 Å². The number of phenolic OH excluding ortho intramolecular Hbond substituents is 1. The van der Waals surface area contributed by atoms with E-state index >= 15 is 0 Å². The van der Waals surface area contributed by atoms with Gasteiger partial charge in [-0.25, -0.2) is 0 Å². The van der Waals surface area contributed by atoms with E-state index in [4.69, 9.17) is 10.9 Å². The molecule has 0 saturated carbocycles. The van der Waals surface area contributed by atoms with Gasteiger partial charge in [0.05, 0.1) is 11.1 Å².